The van der Waals surface area contributed by atoms with E-state index in [0.717, 1.165) is 4.31 Å². The van der Waals surface area contributed by atoms with E-state index in [4.69, 9.17) is 4.74 Å². The van der Waals surface area contributed by atoms with Crippen LogP contribution in [0.15, 0.2) is 22.0 Å². The first-order valence-electron chi connectivity index (χ1n) is 6.31. The van der Waals surface area contributed by atoms with Crippen LogP contribution in [0, 0.1) is 19.7 Å². The zero-order chi connectivity index (χ0) is 15.6. The molecular weight excluding hydrogens is 299 g/mol. The van der Waals surface area contributed by atoms with Gasteiger partial charge in [0.2, 0.25) is 16.1 Å². The van der Waals surface area contributed by atoms with Gasteiger partial charge in [0.25, 0.3) is 0 Å². The second-order valence-electron chi connectivity index (χ2n) is 4.76. The number of halogens is 1. The third-order valence-electron chi connectivity index (χ3n) is 3.25. The van der Waals surface area contributed by atoms with Crippen molar-refractivity contribution in [2.45, 2.75) is 24.9 Å². The topological polar surface area (TPSA) is 76.0 Å². The Balaban J connectivity index is 2.53. The summed E-state index contributed by atoms with van der Waals surface area (Å²) in [4.78, 5) is 14.0. The highest BCUT2D eigenvalue weighted by molar-refractivity contribution is 7.89. The average Bonchev–Trinajstić information content (AvgIpc) is 2.37. The highest BCUT2D eigenvalue weighted by Gasteiger charge is 2.36. The second kappa shape index (κ2) is 6.03. The molecule has 0 spiro atoms. The molecule has 1 heterocycles. The van der Waals surface area contributed by atoms with E-state index < -0.39 is 22.0 Å². The van der Waals surface area contributed by atoms with E-state index in [1.807, 2.05) is 0 Å². The maximum Gasteiger partial charge on any atom is 0.245 e. The zero-order valence-electron chi connectivity index (χ0n) is 11.7. The average molecular weight is 314 g/mol. The summed E-state index contributed by atoms with van der Waals surface area (Å²) in [5.41, 5.74) is 0.626. The van der Waals surface area contributed by atoms with Gasteiger partial charge in [0.05, 0.1) is 18.1 Å². The smallest absolute Gasteiger partial charge is 0.245 e. The molecule has 1 aliphatic heterocycles. The minimum Gasteiger partial charge on any atom is -0.376 e. The van der Waals surface area contributed by atoms with Crippen LogP contribution in [0.3, 0.4) is 0 Å². The van der Waals surface area contributed by atoms with Crippen molar-refractivity contribution < 1.29 is 22.3 Å². The van der Waals surface area contributed by atoms with Crippen LogP contribution in [-0.2, 0) is 19.6 Å². The highest BCUT2D eigenvalue weighted by Crippen LogP contribution is 2.27. The summed E-state index contributed by atoms with van der Waals surface area (Å²) in [6.07, 6.45) is 0.418. The van der Waals surface area contributed by atoms with Gasteiger partial charge in [0.1, 0.15) is 5.82 Å². The molecule has 8 heteroatoms. The Labute approximate surface area is 122 Å². The van der Waals surface area contributed by atoms with Gasteiger partial charge in [0, 0.05) is 6.54 Å². The molecule has 1 aromatic rings. The number of rotatable bonds is 3. The minimum absolute atomic E-state index is 0.00619. The molecule has 0 amide bonds. The SMILES string of the molecule is Cc1cc(F)cc(C)c1S(=O)(=O)N1CCOCC1N=C=O. The quantitative estimate of drug-likeness (QED) is 0.619. The van der Waals surface area contributed by atoms with E-state index in [-0.39, 0.29) is 24.7 Å². The van der Waals surface area contributed by atoms with Crippen LogP contribution in [0.5, 0.6) is 0 Å². The Morgan fingerprint density at radius 2 is 2.00 bits per heavy atom. The van der Waals surface area contributed by atoms with Crippen LogP contribution in [0.1, 0.15) is 11.1 Å². The minimum atomic E-state index is -3.90. The fraction of sp³-hybridized carbons (Fsp3) is 0.462. The molecule has 0 bridgehead atoms. The number of hydrogen-bond acceptors (Lipinski definition) is 5. The first kappa shape index (κ1) is 15.8. The Morgan fingerprint density at radius 3 is 2.57 bits per heavy atom. The molecule has 1 aliphatic rings. The molecule has 0 aromatic heterocycles. The summed E-state index contributed by atoms with van der Waals surface area (Å²) in [7, 11) is -3.90. The monoisotopic (exact) mass is 314 g/mol. The van der Waals surface area contributed by atoms with Crippen molar-refractivity contribution in [3.05, 3.63) is 29.1 Å². The predicted octanol–water partition coefficient (Wildman–Crippen LogP) is 1.13. The summed E-state index contributed by atoms with van der Waals surface area (Å²) < 4.78 is 45.1. The fourth-order valence-electron chi connectivity index (χ4n) is 2.44. The van der Waals surface area contributed by atoms with Crippen molar-refractivity contribution in [3.63, 3.8) is 0 Å². The Hall–Kier alpha value is -1.60. The molecule has 2 rings (SSSR count). The van der Waals surface area contributed by atoms with Crippen LogP contribution in [0.2, 0.25) is 0 Å². The van der Waals surface area contributed by atoms with Crippen molar-refractivity contribution in [3.8, 4) is 0 Å². The van der Waals surface area contributed by atoms with Gasteiger partial charge in [-0.05, 0) is 37.1 Å². The van der Waals surface area contributed by atoms with Crippen LogP contribution in [0.4, 0.5) is 4.39 Å². The van der Waals surface area contributed by atoms with E-state index >= 15 is 0 Å². The maximum absolute atomic E-state index is 13.3. The van der Waals surface area contributed by atoms with Crippen molar-refractivity contribution in [1.82, 2.24) is 4.31 Å². The number of isocyanates is 1. The third kappa shape index (κ3) is 3.03. The molecule has 1 atom stereocenters. The number of morpholine rings is 1. The zero-order valence-corrected chi connectivity index (χ0v) is 12.5. The number of aliphatic imine (C=N–C) groups is 1. The Bertz CT molecular complexity index is 675. The first-order chi connectivity index (χ1) is 9.87. The van der Waals surface area contributed by atoms with Gasteiger partial charge in [-0.1, -0.05) is 0 Å². The molecule has 1 unspecified atom stereocenters. The van der Waals surface area contributed by atoms with Gasteiger partial charge in [-0.25, -0.2) is 17.6 Å². The van der Waals surface area contributed by atoms with Gasteiger partial charge >= 0.3 is 0 Å². The molecule has 0 saturated carbocycles. The van der Waals surface area contributed by atoms with E-state index in [1.165, 1.54) is 32.1 Å². The summed E-state index contributed by atoms with van der Waals surface area (Å²) in [6, 6.07) is 2.33. The molecule has 0 aliphatic carbocycles. The molecule has 0 N–H and O–H groups in total. The number of sulfonamides is 1. The number of ether oxygens (including phenoxy) is 1. The number of carbonyl (C=O) groups excluding carboxylic acids is 1. The van der Waals surface area contributed by atoms with Crippen molar-refractivity contribution >= 4 is 16.1 Å². The van der Waals surface area contributed by atoms with Gasteiger partial charge in [-0.15, -0.1) is 0 Å². The van der Waals surface area contributed by atoms with Gasteiger partial charge in [-0.2, -0.15) is 9.30 Å². The van der Waals surface area contributed by atoms with Crippen LogP contribution in [-0.4, -0.2) is 44.7 Å². The van der Waals surface area contributed by atoms with Gasteiger partial charge in [-0.3, -0.25) is 0 Å². The molecular formula is C13H15FN2O4S. The molecule has 1 fully saturated rings. The number of aryl methyl sites for hydroxylation is 2. The lowest BCUT2D eigenvalue weighted by Gasteiger charge is -2.31. The van der Waals surface area contributed by atoms with E-state index in [0.29, 0.717) is 11.1 Å². The van der Waals surface area contributed by atoms with E-state index in [1.54, 1.807) is 0 Å². The van der Waals surface area contributed by atoms with Crippen molar-refractivity contribution in [2.75, 3.05) is 19.8 Å². The van der Waals surface area contributed by atoms with Crippen LogP contribution in [0.25, 0.3) is 0 Å². The molecule has 0 radical (unpaired) electrons. The van der Waals surface area contributed by atoms with Crippen molar-refractivity contribution in [1.29, 1.82) is 0 Å². The standard InChI is InChI=1S/C13H15FN2O4S/c1-9-5-11(14)6-10(2)13(9)21(18,19)16-3-4-20-7-12(16)15-8-17/h5-6,12H,3-4,7H2,1-2H3. The number of hydrogen-bond donors (Lipinski definition) is 0. The predicted molar refractivity (Wildman–Crippen MR) is 72.5 cm³/mol. The molecule has 6 nitrogen and oxygen atoms in total. The molecule has 1 aromatic carbocycles. The second-order valence-corrected chi connectivity index (χ2v) is 6.59. The lowest BCUT2D eigenvalue weighted by molar-refractivity contribution is 0.0359. The highest BCUT2D eigenvalue weighted by atomic mass is 32.2. The molecule has 114 valence electrons. The van der Waals surface area contributed by atoms with Gasteiger partial charge in [0.15, 0.2) is 6.17 Å². The third-order valence-corrected chi connectivity index (χ3v) is 5.45. The first-order valence-corrected chi connectivity index (χ1v) is 7.75. The number of benzene rings is 1. The van der Waals surface area contributed by atoms with Crippen LogP contribution < -0.4 is 0 Å². The molecule has 1 saturated heterocycles. The van der Waals surface area contributed by atoms with Gasteiger partial charge < -0.3 is 4.74 Å². The Kier molecular flexibility index (Phi) is 4.53. The normalized spacial score (nSPS) is 20.0. The Morgan fingerprint density at radius 1 is 1.38 bits per heavy atom. The van der Waals surface area contributed by atoms with Crippen LogP contribution >= 0.6 is 0 Å². The summed E-state index contributed by atoms with van der Waals surface area (Å²) in [5.74, 6) is -0.492. The summed E-state index contributed by atoms with van der Waals surface area (Å²) in [6.45, 7) is 3.34. The maximum atomic E-state index is 13.3. The summed E-state index contributed by atoms with van der Waals surface area (Å²) in [5, 5.41) is 0. The van der Waals surface area contributed by atoms with Crippen molar-refractivity contribution in [2.24, 2.45) is 4.99 Å². The fourth-order valence-corrected chi connectivity index (χ4v) is 4.35. The summed E-state index contributed by atoms with van der Waals surface area (Å²) >= 11 is 0. The number of nitrogens with zero attached hydrogens (tertiary/aromatic N) is 2. The van der Waals surface area contributed by atoms with E-state index in [2.05, 4.69) is 4.99 Å². The lowest BCUT2D eigenvalue weighted by Crippen LogP contribution is -2.47. The largest absolute Gasteiger partial charge is 0.376 e. The van der Waals surface area contributed by atoms with E-state index in [9.17, 15) is 17.6 Å². The molecule has 21 heavy (non-hydrogen) atoms. The lowest BCUT2D eigenvalue weighted by atomic mass is 10.1.